The highest BCUT2D eigenvalue weighted by atomic mass is 19.1. The van der Waals surface area contributed by atoms with Crippen LogP contribution >= 0.6 is 0 Å². The van der Waals surface area contributed by atoms with Gasteiger partial charge in [0.15, 0.2) is 11.6 Å². The molecule has 16 heavy (non-hydrogen) atoms. The van der Waals surface area contributed by atoms with Gasteiger partial charge in [0.05, 0.1) is 12.8 Å². The Bertz CT molecular complexity index is 353. The van der Waals surface area contributed by atoms with Crippen LogP contribution in [0.25, 0.3) is 0 Å². The van der Waals surface area contributed by atoms with Crippen LogP contribution in [0, 0.1) is 5.82 Å². The topological polar surface area (TPSA) is 47.6 Å². The molecular weight excluding hydrogens is 207 g/mol. The summed E-state index contributed by atoms with van der Waals surface area (Å²) < 4.78 is 18.7. The summed E-state index contributed by atoms with van der Waals surface area (Å²) in [6.45, 7) is 2.65. The molecule has 0 aliphatic carbocycles. The average Bonchev–Trinajstić information content (AvgIpc) is 2.29. The predicted molar refractivity (Wildman–Crippen MR) is 63.2 cm³/mol. The number of hydrazone groups is 1. The molecule has 2 N–H and O–H groups in total. The Morgan fingerprint density at radius 2 is 2.25 bits per heavy atom. The van der Waals surface area contributed by atoms with E-state index in [0.29, 0.717) is 6.61 Å². The van der Waals surface area contributed by atoms with E-state index in [1.165, 1.54) is 12.3 Å². The lowest BCUT2D eigenvalue weighted by atomic mass is 10.2. The summed E-state index contributed by atoms with van der Waals surface area (Å²) in [4.78, 5) is 0. The van der Waals surface area contributed by atoms with E-state index in [1.807, 2.05) is 0 Å². The lowest BCUT2D eigenvalue weighted by Gasteiger charge is -2.07. The zero-order chi connectivity index (χ0) is 11.8. The van der Waals surface area contributed by atoms with E-state index in [0.717, 1.165) is 24.8 Å². The lowest BCUT2D eigenvalue weighted by molar-refractivity contribution is 0.291. The van der Waals surface area contributed by atoms with Gasteiger partial charge in [-0.25, -0.2) is 4.39 Å². The van der Waals surface area contributed by atoms with Gasteiger partial charge in [0.1, 0.15) is 0 Å². The van der Waals surface area contributed by atoms with Crippen LogP contribution in [0.3, 0.4) is 0 Å². The molecule has 0 radical (unpaired) electrons. The van der Waals surface area contributed by atoms with Crippen LogP contribution in [0.15, 0.2) is 23.3 Å². The van der Waals surface area contributed by atoms with Crippen LogP contribution in [0.2, 0.25) is 0 Å². The molecule has 0 aromatic heterocycles. The zero-order valence-electron chi connectivity index (χ0n) is 9.45. The molecule has 1 aromatic rings. The average molecular weight is 224 g/mol. The van der Waals surface area contributed by atoms with E-state index < -0.39 is 0 Å². The van der Waals surface area contributed by atoms with E-state index in [2.05, 4.69) is 12.0 Å². The fraction of sp³-hybridized carbons (Fsp3) is 0.417. The molecule has 0 aliphatic heterocycles. The van der Waals surface area contributed by atoms with E-state index in [4.69, 9.17) is 10.6 Å². The van der Waals surface area contributed by atoms with E-state index in [9.17, 15) is 4.39 Å². The normalized spacial score (nSPS) is 10.9. The molecule has 3 nitrogen and oxygen atoms in total. The predicted octanol–water partition coefficient (Wildman–Crippen LogP) is 2.69. The number of unbranched alkanes of at least 4 members (excludes halogenated alkanes) is 2. The van der Waals surface area contributed by atoms with Crippen molar-refractivity contribution < 1.29 is 9.13 Å². The Balaban J connectivity index is 2.59. The van der Waals surface area contributed by atoms with Gasteiger partial charge in [0, 0.05) is 0 Å². The number of halogens is 1. The maximum Gasteiger partial charge on any atom is 0.165 e. The van der Waals surface area contributed by atoms with Gasteiger partial charge in [-0.3, -0.25) is 0 Å². The second-order valence-corrected chi connectivity index (χ2v) is 3.52. The van der Waals surface area contributed by atoms with Gasteiger partial charge in [-0.1, -0.05) is 25.8 Å². The SMILES string of the molecule is CCCCCOc1cc(C=NN)ccc1F. The minimum Gasteiger partial charge on any atom is -0.490 e. The molecule has 1 aromatic carbocycles. The number of nitrogens with zero attached hydrogens (tertiary/aromatic N) is 1. The molecule has 0 bridgehead atoms. The quantitative estimate of drug-likeness (QED) is 0.349. The number of rotatable bonds is 6. The fourth-order valence-corrected chi connectivity index (χ4v) is 1.33. The Morgan fingerprint density at radius 1 is 1.44 bits per heavy atom. The van der Waals surface area contributed by atoms with E-state index in [-0.39, 0.29) is 11.6 Å². The third-order valence-corrected chi connectivity index (χ3v) is 2.18. The van der Waals surface area contributed by atoms with Crippen molar-refractivity contribution in [3.05, 3.63) is 29.6 Å². The molecule has 88 valence electrons. The molecule has 0 atom stereocenters. The number of nitrogens with two attached hydrogens (primary N) is 1. The highest BCUT2D eigenvalue weighted by molar-refractivity contribution is 5.79. The summed E-state index contributed by atoms with van der Waals surface area (Å²) in [5.74, 6) is 4.93. The van der Waals surface area contributed by atoms with Gasteiger partial charge in [-0.2, -0.15) is 5.10 Å². The number of ether oxygens (including phenoxy) is 1. The van der Waals surface area contributed by atoms with Crippen molar-refractivity contribution in [2.75, 3.05) is 6.61 Å². The molecule has 4 heteroatoms. The van der Waals surface area contributed by atoms with Crippen LogP contribution in [-0.2, 0) is 0 Å². The van der Waals surface area contributed by atoms with Crippen molar-refractivity contribution in [3.63, 3.8) is 0 Å². The summed E-state index contributed by atoms with van der Waals surface area (Å²) in [6, 6.07) is 4.55. The first kappa shape index (κ1) is 12.5. The largest absolute Gasteiger partial charge is 0.490 e. The second-order valence-electron chi connectivity index (χ2n) is 3.52. The summed E-state index contributed by atoms with van der Waals surface area (Å²) in [5, 5.41) is 3.38. The molecule has 0 unspecified atom stereocenters. The minimum atomic E-state index is -0.356. The van der Waals surface area contributed by atoms with E-state index >= 15 is 0 Å². The van der Waals surface area contributed by atoms with Gasteiger partial charge < -0.3 is 10.6 Å². The lowest BCUT2D eigenvalue weighted by Crippen LogP contribution is -2.00. The summed E-state index contributed by atoms with van der Waals surface area (Å²) in [5.41, 5.74) is 0.731. The third kappa shape index (κ3) is 3.88. The van der Waals surface area contributed by atoms with Crippen LogP contribution in [0.1, 0.15) is 31.7 Å². The molecule has 0 fully saturated rings. The fourth-order valence-electron chi connectivity index (χ4n) is 1.33. The van der Waals surface area contributed by atoms with Crippen LogP contribution in [0.4, 0.5) is 4.39 Å². The third-order valence-electron chi connectivity index (χ3n) is 2.18. The monoisotopic (exact) mass is 224 g/mol. The molecule has 0 spiro atoms. The van der Waals surface area contributed by atoms with Gasteiger partial charge in [0.25, 0.3) is 0 Å². The summed E-state index contributed by atoms with van der Waals surface area (Å²) in [6.07, 6.45) is 4.60. The van der Waals surface area contributed by atoms with Gasteiger partial charge in [0.2, 0.25) is 0 Å². The van der Waals surface area contributed by atoms with Crippen molar-refractivity contribution in [2.45, 2.75) is 26.2 Å². The Kier molecular flexibility index (Phi) is 5.32. The Morgan fingerprint density at radius 3 is 2.94 bits per heavy atom. The number of benzene rings is 1. The second kappa shape index (κ2) is 6.82. The molecule has 1 rings (SSSR count). The van der Waals surface area contributed by atoms with Crippen molar-refractivity contribution >= 4 is 6.21 Å². The molecule has 0 heterocycles. The van der Waals surface area contributed by atoms with E-state index in [1.54, 1.807) is 12.1 Å². The Hall–Kier alpha value is -1.58. The Labute approximate surface area is 95.1 Å². The summed E-state index contributed by atoms with van der Waals surface area (Å²) >= 11 is 0. The molecule has 0 amide bonds. The van der Waals surface area contributed by atoms with Crippen LogP contribution < -0.4 is 10.6 Å². The highest BCUT2D eigenvalue weighted by Gasteiger charge is 2.03. The summed E-state index contributed by atoms with van der Waals surface area (Å²) in [7, 11) is 0. The maximum absolute atomic E-state index is 13.3. The molecule has 0 saturated carbocycles. The standard InChI is InChI=1S/C12H17FN2O/c1-2-3-4-7-16-12-8-10(9-15-14)5-6-11(12)13/h5-6,8-9H,2-4,7,14H2,1H3. The first-order valence-electron chi connectivity index (χ1n) is 5.43. The molecule has 0 aliphatic rings. The molecule has 0 saturated heterocycles. The van der Waals surface area contributed by atoms with Crippen molar-refractivity contribution in [1.29, 1.82) is 0 Å². The maximum atomic E-state index is 13.3. The highest BCUT2D eigenvalue weighted by Crippen LogP contribution is 2.18. The van der Waals surface area contributed by atoms with Crippen molar-refractivity contribution in [1.82, 2.24) is 0 Å². The van der Waals surface area contributed by atoms with Gasteiger partial charge in [-0.15, -0.1) is 0 Å². The van der Waals surface area contributed by atoms with Crippen LogP contribution in [-0.4, -0.2) is 12.8 Å². The van der Waals surface area contributed by atoms with Crippen molar-refractivity contribution in [2.24, 2.45) is 10.9 Å². The number of hydrogen-bond donors (Lipinski definition) is 1. The van der Waals surface area contributed by atoms with Gasteiger partial charge in [-0.05, 0) is 24.1 Å². The minimum absolute atomic E-state index is 0.258. The first-order valence-corrected chi connectivity index (χ1v) is 5.43. The van der Waals surface area contributed by atoms with Crippen molar-refractivity contribution in [3.8, 4) is 5.75 Å². The molecular formula is C12H17FN2O. The van der Waals surface area contributed by atoms with Crippen LogP contribution in [0.5, 0.6) is 5.75 Å². The zero-order valence-corrected chi connectivity index (χ0v) is 9.45. The van der Waals surface area contributed by atoms with Gasteiger partial charge >= 0.3 is 0 Å². The number of hydrogen-bond acceptors (Lipinski definition) is 3. The smallest absolute Gasteiger partial charge is 0.165 e. The first-order chi connectivity index (χ1) is 7.77.